The highest BCUT2D eigenvalue weighted by molar-refractivity contribution is 5.12. The van der Waals surface area contributed by atoms with Gasteiger partial charge in [0.1, 0.15) is 5.76 Å². The molecule has 0 amide bonds. The number of likely N-dealkylation sites (N-methyl/N-ethyl adjacent to an activating group) is 1. The predicted octanol–water partition coefficient (Wildman–Crippen LogP) is 2.08. The third-order valence-corrected chi connectivity index (χ3v) is 2.64. The van der Waals surface area contributed by atoms with Gasteiger partial charge < -0.3 is 14.8 Å². The first-order valence-corrected chi connectivity index (χ1v) is 5.82. The van der Waals surface area contributed by atoms with Gasteiger partial charge in [-0.1, -0.05) is 6.92 Å². The zero-order valence-electron chi connectivity index (χ0n) is 10.3. The van der Waals surface area contributed by atoms with E-state index in [2.05, 4.69) is 32.2 Å². The highest BCUT2D eigenvalue weighted by Crippen LogP contribution is 2.25. The Morgan fingerprint density at radius 2 is 2.27 bits per heavy atom. The topological polar surface area (TPSA) is 30.5 Å². The summed E-state index contributed by atoms with van der Waals surface area (Å²) in [6.45, 7) is 10.8. The Kier molecular flexibility index (Phi) is 4.61. The van der Waals surface area contributed by atoms with E-state index in [1.165, 1.54) is 0 Å². The van der Waals surface area contributed by atoms with Crippen LogP contribution in [-0.2, 0) is 9.47 Å². The fourth-order valence-corrected chi connectivity index (χ4v) is 1.99. The van der Waals surface area contributed by atoms with Gasteiger partial charge >= 0.3 is 0 Å². The first-order chi connectivity index (χ1) is 7.11. The van der Waals surface area contributed by atoms with Crippen molar-refractivity contribution in [1.29, 1.82) is 0 Å². The van der Waals surface area contributed by atoms with Gasteiger partial charge in [-0.05, 0) is 33.4 Å². The maximum absolute atomic E-state index is 5.77. The molecular formula is C12H23NO2. The average molecular weight is 213 g/mol. The second-order valence-corrected chi connectivity index (χ2v) is 4.27. The fourth-order valence-electron chi connectivity index (χ4n) is 1.99. The molecule has 1 rings (SSSR count). The van der Waals surface area contributed by atoms with E-state index < -0.39 is 0 Å². The Labute approximate surface area is 92.8 Å². The molecule has 0 aromatic carbocycles. The minimum atomic E-state index is -0.221. The van der Waals surface area contributed by atoms with Gasteiger partial charge in [0.25, 0.3) is 0 Å². The van der Waals surface area contributed by atoms with Crippen LogP contribution in [0.3, 0.4) is 0 Å². The van der Waals surface area contributed by atoms with Gasteiger partial charge in [0.05, 0.1) is 18.2 Å². The van der Waals surface area contributed by atoms with Crippen LogP contribution in [0.25, 0.3) is 0 Å². The van der Waals surface area contributed by atoms with E-state index in [0.29, 0.717) is 0 Å². The molecular weight excluding hydrogens is 190 g/mol. The quantitative estimate of drug-likeness (QED) is 0.733. The maximum atomic E-state index is 5.77. The number of rotatable bonds is 6. The zero-order chi connectivity index (χ0) is 11.3. The number of hydrogen-bond donors (Lipinski definition) is 1. The Hall–Kier alpha value is -0.540. The molecule has 0 aliphatic carbocycles. The van der Waals surface area contributed by atoms with Gasteiger partial charge in [0.15, 0.2) is 0 Å². The van der Waals surface area contributed by atoms with Crippen molar-refractivity contribution in [3.05, 3.63) is 11.8 Å². The predicted molar refractivity (Wildman–Crippen MR) is 61.8 cm³/mol. The Balaban J connectivity index is 2.71. The molecule has 0 bridgehead atoms. The molecule has 0 saturated heterocycles. The summed E-state index contributed by atoms with van der Waals surface area (Å²) in [5.74, 6) is 1.04. The summed E-state index contributed by atoms with van der Waals surface area (Å²) in [6.07, 6.45) is 3.17. The molecule has 1 heterocycles. The van der Waals surface area contributed by atoms with Crippen molar-refractivity contribution in [1.82, 2.24) is 5.32 Å². The van der Waals surface area contributed by atoms with Gasteiger partial charge in [0, 0.05) is 13.0 Å². The standard InChI is InChI=1S/C12H23NO2/c1-5-13-11(10-8-7-9-14-10)12(3,4)15-6-2/h8,11,13H,5-7,9H2,1-4H3. The summed E-state index contributed by atoms with van der Waals surface area (Å²) in [6, 6.07) is 0.157. The molecule has 1 atom stereocenters. The normalized spacial score (nSPS) is 18.5. The zero-order valence-corrected chi connectivity index (χ0v) is 10.3. The van der Waals surface area contributed by atoms with Crippen LogP contribution in [0.15, 0.2) is 11.8 Å². The minimum Gasteiger partial charge on any atom is -0.496 e. The summed E-state index contributed by atoms with van der Waals surface area (Å²) in [5, 5.41) is 3.43. The van der Waals surface area contributed by atoms with E-state index >= 15 is 0 Å². The van der Waals surface area contributed by atoms with E-state index in [0.717, 1.165) is 31.9 Å². The van der Waals surface area contributed by atoms with Gasteiger partial charge in [-0.25, -0.2) is 0 Å². The SMILES string of the molecule is CCNC(C1=CCCO1)C(C)(C)OCC. The average Bonchev–Trinajstić information content (AvgIpc) is 2.66. The van der Waals surface area contributed by atoms with Gasteiger partial charge in [-0.2, -0.15) is 0 Å². The first-order valence-electron chi connectivity index (χ1n) is 5.82. The number of nitrogens with one attached hydrogen (secondary N) is 1. The third kappa shape index (κ3) is 3.21. The Morgan fingerprint density at radius 3 is 2.73 bits per heavy atom. The molecule has 1 unspecified atom stereocenters. The van der Waals surface area contributed by atoms with E-state index in [1.807, 2.05) is 6.92 Å². The summed E-state index contributed by atoms with van der Waals surface area (Å²) >= 11 is 0. The van der Waals surface area contributed by atoms with E-state index in [4.69, 9.17) is 9.47 Å². The lowest BCUT2D eigenvalue weighted by Crippen LogP contribution is -2.50. The van der Waals surface area contributed by atoms with Crippen LogP contribution in [0.4, 0.5) is 0 Å². The largest absolute Gasteiger partial charge is 0.496 e. The molecule has 1 aliphatic rings. The molecule has 0 radical (unpaired) electrons. The number of hydrogen-bond acceptors (Lipinski definition) is 3. The second kappa shape index (κ2) is 5.52. The van der Waals surface area contributed by atoms with Crippen LogP contribution >= 0.6 is 0 Å². The smallest absolute Gasteiger partial charge is 0.112 e. The lowest BCUT2D eigenvalue weighted by atomic mass is 9.96. The molecule has 0 fully saturated rings. The Morgan fingerprint density at radius 1 is 1.53 bits per heavy atom. The van der Waals surface area contributed by atoms with E-state index in [1.54, 1.807) is 0 Å². The van der Waals surface area contributed by atoms with Crippen molar-refractivity contribution < 1.29 is 9.47 Å². The van der Waals surface area contributed by atoms with Crippen LogP contribution in [0.5, 0.6) is 0 Å². The molecule has 3 heteroatoms. The van der Waals surface area contributed by atoms with Crippen LogP contribution in [0.2, 0.25) is 0 Å². The first kappa shape index (κ1) is 12.5. The third-order valence-electron chi connectivity index (χ3n) is 2.64. The highest BCUT2D eigenvalue weighted by atomic mass is 16.5. The van der Waals surface area contributed by atoms with Crippen LogP contribution in [0, 0.1) is 0 Å². The second-order valence-electron chi connectivity index (χ2n) is 4.27. The fraction of sp³-hybridized carbons (Fsp3) is 0.833. The van der Waals surface area contributed by atoms with Crippen molar-refractivity contribution in [2.75, 3.05) is 19.8 Å². The molecule has 0 aromatic rings. The van der Waals surface area contributed by atoms with Gasteiger partial charge in [-0.15, -0.1) is 0 Å². The van der Waals surface area contributed by atoms with Crippen LogP contribution in [-0.4, -0.2) is 31.4 Å². The summed E-state index contributed by atoms with van der Waals surface area (Å²) in [4.78, 5) is 0. The van der Waals surface area contributed by atoms with Crippen molar-refractivity contribution in [3.63, 3.8) is 0 Å². The molecule has 88 valence electrons. The van der Waals surface area contributed by atoms with Gasteiger partial charge in [-0.3, -0.25) is 0 Å². The summed E-state index contributed by atoms with van der Waals surface area (Å²) < 4.78 is 11.4. The molecule has 0 spiro atoms. The van der Waals surface area contributed by atoms with Crippen LogP contribution in [0.1, 0.15) is 34.1 Å². The Bertz CT molecular complexity index is 224. The lowest BCUT2D eigenvalue weighted by Gasteiger charge is -2.34. The number of ether oxygens (including phenoxy) is 2. The van der Waals surface area contributed by atoms with Crippen molar-refractivity contribution in [2.45, 2.75) is 45.8 Å². The molecule has 1 aliphatic heterocycles. The van der Waals surface area contributed by atoms with E-state index in [9.17, 15) is 0 Å². The van der Waals surface area contributed by atoms with Crippen LogP contribution < -0.4 is 5.32 Å². The maximum Gasteiger partial charge on any atom is 0.112 e. The molecule has 1 N–H and O–H groups in total. The molecule has 0 aromatic heterocycles. The van der Waals surface area contributed by atoms with Crippen molar-refractivity contribution >= 4 is 0 Å². The highest BCUT2D eigenvalue weighted by Gasteiger charge is 2.34. The summed E-state index contributed by atoms with van der Waals surface area (Å²) in [5.41, 5.74) is -0.221. The lowest BCUT2D eigenvalue weighted by molar-refractivity contribution is -0.0399. The van der Waals surface area contributed by atoms with E-state index in [-0.39, 0.29) is 11.6 Å². The monoisotopic (exact) mass is 213 g/mol. The molecule has 0 saturated carbocycles. The van der Waals surface area contributed by atoms with Crippen molar-refractivity contribution in [2.24, 2.45) is 0 Å². The minimum absolute atomic E-state index is 0.157. The van der Waals surface area contributed by atoms with Gasteiger partial charge in [0.2, 0.25) is 0 Å². The summed E-state index contributed by atoms with van der Waals surface area (Å²) in [7, 11) is 0. The molecule has 3 nitrogen and oxygen atoms in total. The molecule has 15 heavy (non-hydrogen) atoms. The van der Waals surface area contributed by atoms with Crippen molar-refractivity contribution in [3.8, 4) is 0 Å².